The van der Waals surface area contributed by atoms with Crippen LogP contribution >= 0.6 is 0 Å². The van der Waals surface area contributed by atoms with Gasteiger partial charge in [0.1, 0.15) is 13.3 Å². The van der Waals surface area contributed by atoms with Crippen LogP contribution in [-0.2, 0) is 4.74 Å². The number of ether oxygens (including phenoxy) is 2. The highest BCUT2D eigenvalue weighted by Crippen LogP contribution is 2.33. The van der Waals surface area contributed by atoms with Crippen LogP contribution in [0.3, 0.4) is 0 Å². The summed E-state index contributed by atoms with van der Waals surface area (Å²) in [7, 11) is 0. The van der Waals surface area contributed by atoms with Crippen molar-refractivity contribution in [3.05, 3.63) is 53.6 Å². The zero-order chi connectivity index (χ0) is 17.8. The van der Waals surface area contributed by atoms with Gasteiger partial charge < -0.3 is 9.47 Å². The highest BCUT2D eigenvalue weighted by molar-refractivity contribution is 5.65. The summed E-state index contributed by atoms with van der Waals surface area (Å²) in [5, 5.41) is 0. The highest BCUT2D eigenvalue weighted by Gasteiger charge is 2.20. The molecule has 1 fully saturated rings. The van der Waals surface area contributed by atoms with Gasteiger partial charge in [-0.05, 0) is 47.6 Å². The maximum Gasteiger partial charge on any atom is 0.190 e. The monoisotopic (exact) mass is 350 g/mol. The Hall–Kier alpha value is -2.01. The summed E-state index contributed by atoms with van der Waals surface area (Å²) < 4.78 is 50.8. The maximum absolute atomic E-state index is 14.0. The van der Waals surface area contributed by atoms with E-state index in [1.54, 1.807) is 0 Å². The van der Waals surface area contributed by atoms with Gasteiger partial charge in [0.25, 0.3) is 0 Å². The molecule has 0 spiro atoms. The van der Waals surface area contributed by atoms with Gasteiger partial charge in [-0.3, -0.25) is 0 Å². The predicted molar refractivity (Wildman–Crippen MR) is 90.4 cm³/mol. The Bertz CT molecular complexity index is 684. The third-order valence-corrected chi connectivity index (χ3v) is 4.44. The lowest BCUT2D eigenvalue weighted by atomic mass is 9.94. The standard InChI is InChI=1S/C20H21F3O2/c1-13-2-7-19(25-12-13)15-5-3-14(4-6-15)16-10-17(22)20(18(23)11-16)24-9-8-21/h3-6,10-11,13,19H,2,7-9,12H2,1H3. The van der Waals surface area contributed by atoms with E-state index in [0.29, 0.717) is 17.0 Å². The number of hydrogen-bond donors (Lipinski definition) is 0. The number of alkyl halides is 1. The molecule has 0 amide bonds. The van der Waals surface area contributed by atoms with E-state index in [9.17, 15) is 13.2 Å². The van der Waals surface area contributed by atoms with Crippen molar-refractivity contribution in [2.24, 2.45) is 5.92 Å². The van der Waals surface area contributed by atoms with E-state index in [4.69, 9.17) is 9.47 Å². The summed E-state index contributed by atoms with van der Waals surface area (Å²) in [6, 6.07) is 9.91. The molecule has 2 atom stereocenters. The Morgan fingerprint density at radius 3 is 2.28 bits per heavy atom. The second-order valence-corrected chi connectivity index (χ2v) is 6.43. The van der Waals surface area contributed by atoms with Gasteiger partial charge in [-0.2, -0.15) is 0 Å². The lowest BCUT2D eigenvalue weighted by Gasteiger charge is -2.27. The summed E-state index contributed by atoms with van der Waals surface area (Å²) in [6.07, 6.45) is 2.18. The Balaban J connectivity index is 1.78. The molecule has 2 aromatic rings. The fourth-order valence-electron chi connectivity index (χ4n) is 3.04. The molecule has 0 aliphatic carbocycles. The molecule has 2 aromatic carbocycles. The van der Waals surface area contributed by atoms with Crippen molar-refractivity contribution in [2.45, 2.75) is 25.9 Å². The predicted octanol–water partition coefficient (Wildman–Crippen LogP) is 5.47. The first-order chi connectivity index (χ1) is 12.1. The fraction of sp³-hybridized carbons (Fsp3) is 0.400. The fourth-order valence-corrected chi connectivity index (χ4v) is 3.04. The quantitative estimate of drug-likeness (QED) is 0.712. The lowest BCUT2D eigenvalue weighted by molar-refractivity contribution is -0.0123. The van der Waals surface area contributed by atoms with Crippen molar-refractivity contribution in [3.63, 3.8) is 0 Å². The van der Waals surface area contributed by atoms with Gasteiger partial charge in [-0.25, -0.2) is 13.2 Å². The van der Waals surface area contributed by atoms with Crippen LogP contribution in [0.15, 0.2) is 36.4 Å². The first-order valence-electron chi connectivity index (χ1n) is 8.48. The van der Waals surface area contributed by atoms with E-state index in [1.165, 1.54) is 12.1 Å². The number of rotatable bonds is 5. The molecule has 134 valence electrons. The molecule has 2 nitrogen and oxygen atoms in total. The van der Waals surface area contributed by atoms with Crippen LogP contribution in [-0.4, -0.2) is 19.9 Å². The first kappa shape index (κ1) is 17.8. The molecule has 0 saturated carbocycles. The van der Waals surface area contributed by atoms with Crippen molar-refractivity contribution in [1.29, 1.82) is 0 Å². The summed E-state index contributed by atoms with van der Waals surface area (Å²) in [4.78, 5) is 0. The Morgan fingerprint density at radius 2 is 1.72 bits per heavy atom. The molecule has 0 radical (unpaired) electrons. The van der Waals surface area contributed by atoms with E-state index in [-0.39, 0.29) is 12.7 Å². The van der Waals surface area contributed by atoms with Crippen LogP contribution in [0.4, 0.5) is 13.2 Å². The van der Waals surface area contributed by atoms with Crippen LogP contribution in [0.25, 0.3) is 11.1 Å². The van der Waals surface area contributed by atoms with Gasteiger partial charge in [0.05, 0.1) is 6.10 Å². The average Bonchev–Trinajstić information content (AvgIpc) is 2.62. The molecule has 0 bridgehead atoms. The van der Waals surface area contributed by atoms with Crippen molar-refractivity contribution < 1.29 is 22.6 Å². The Kier molecular flexibility index (Phi) is 5.63. The molecular formula is C20H21F3O2. The zero-order valence-corrected chi connectivity index (χ0v) is 14.1. The topological polar surface area (TPSA) is 18.5 Å². The summed E-state index contributed by atoms with van der Waals surface area (Å²) in [5.74, 6) is -1.63. The molecule has 2 unspecified atom stereocenters. The molecule has 3 rings (SSSR count). The van der Waals surface area contributed by atoms with Gasteiger partial charge in [0.2, 0.25) is 0 Å². The third kappa shape index (κ3) is 4.15. The van der Waals surface area contributed by atoms with Gasteiger partial charge in [0.15, 0.2) is 17.4 Å². The molecule has 0 aromatic heterocycles. The molecule has 1 aliphatic heterocycles. The van der Waals surface area contributed by atoms with Crippen LogP contribution < -0.4 is 4.74 Å². The van der Waals surface area contributed by atoms with Gasteiger partial charge in [-0.1, -0.05) is 31.2 Å². The molecule has 5 heteroatoms. The first-order valence-corrected chi connectivity index (χ1v) is 8.48. The second-order valence-electron chi connectivity index (χ2n) is 6.43. The van der Waals surface area contributed by atoms with Crippen LogP contribution in [0.5, 0.6) is 5.75 Å². The van der Waals surface area contributed by atoms with Crippen molar-refractivity contribution in [1.82, 2.24) is 0 Å². The largest absolute Gasteiger partial charge is 0.485 e. The Morgan fingerprint density at radius 1 is 1.04 bits per heavy atom. The normalized spacial score (nSPS) is 20.5. The zero-order valence-electron chi connectivity index (χ0n) is 14.1. The van der Waals surface area contributed by atoms with Crippen LogP contribution in [0, 0.1) is 17.6 Å². The van der Waals surface area contributed by atoms with Crippen LogP contribution in [0.1, 0.15) is 31.4 Å². The minimum atomic E-state index is -0.836. The highest BCUT2D eigenvalue weighted by atomic mass is 19.1. The van der Waals surface area contributed by atoms with Crippen molar-refractivity contribution in [3.8, 4) is 16.9 Å². The summed E-state index contributed by atoms with van der Waals surface area (Å²) in [6.45, 7) is 1.75. The van der Waals surface area contributed by atoms with E-state index >= 15 is 0 Å². The second kappa shape index (κ2) is 7.91. The van der Waals surface area contributed by atoms with Crippen molar-refractivity contribution in [2.75, 3.05) is 19.9 Å². The smallest absolute Gasteiger partial charge is 0.190 e. The SMILES string of the molecule is CC1CCC(c2ccc(-c3cc(F)c(OCCF)c(F)c3)cc2)OC1. The van der Waals surface area contributed by atoms with Gasteiger partial charge in [0, 0.05) is 6.61 Å². The maximum atomic E-state index is 14.0. The van der Waals surface area contributed by atoms with Crippen molar-refractivity contribution >= 4 is 0 Å². The lowest BCUT2D eigenvalue weighted by Crippen LogP contribution is -2.18. The van der Waals surface area contributed by atoms with E-state index < -0.39 is 24.1 Å². The molecule has 0 N–H and O–H groups in total. The molecular weight excluding hydrogens is 329 g/mol. The molecule has 25 heavy (non-hydrogen) atoms. The number of hydrogen-bond acceptors (Lipinski definition) is 2. The van der Waals surface area contributed by atoms with Gasteiger partial charge in [-0.15, -0.1) is 0 Å². The molecule has 1 saturated heterocycles. The number of halogens is 3. The van der Waals surface area contributed by atoms with Crippen LogP contribution in [0.2, 0.25) is 0 Å². The number of benzene rings is 2. The molecule has 1 heterocycles. The third-order valence-electron chi connectivity index (χ3n) is 4.44. The average molecular weight is 350 g/mol. The summed E-state index contributed by atoms with van der Waals surface area (Å²) in [5.41, 5.74) is 2.18. The van der Waals surface area contributed by atoms with E-state index in [2.05, 4.69) is 6.92 Å². The molecule has 1 aliphatic rings. The van der Waals surface area contributed by atoms with E-state index in [1.807, 2.05) is 24.3 Å². The van der Waals surface area contributed by atoms with Gasteiger partial charge >= 0.3 is 0 Å². The van der Waals surface area contributed by atoms with E-state index in [0.717, 1.165) is 25.0 Å². The minimum Gasteiger partial charge on any atom is -0.485 e. The minimum absolute atomic E-state index is 0.0789. The Labute approximate surface area is 145 Å². The summed E-state index contributed by atoms with van der Waals surface area (Å²) >= 11 is 0.